The van der Waals surface area contributed by atoms with Gasteiger partial charge in [-0.1, -0.05) is 29.8 Å². The lowest BCUT2D eigenvalue weighted by Crippen LogP contribution is -2.16. The van der Waals surface area contributed by atoms with Gasteiger partial charge in [-0.05, 0) is 43.3 Å². The van der Waals surface area contributed by atoms with E-state index in [0.29, 0.717) is 29.2 Å². The van der Waals surface area contributed by atoms with Crippen LogP contribution in [0.15, 0.2) is 76.2 Å². The van der Waals surface area contributed by atoms with Crippen LogP contribution in [-0.2, 0) is 16.6 Å². The van der Waals surface area contributed by atoms with Crippen LogP contribution in [0.2, 0.25) is 0 Å². The maximum Gasteiger partial charge on any atom is 0.263 e. The van der Waals surface area contributed by atoms with Crippen LogP contribution in [0, 0.1) is 6.92 Å². The number of rotatable bonds is 6. The highest BCUT2D eigenvalue weighted by Gasteiger charge is 2.19. The van der Waals surface area contributed by atoms with Crippen molar-refractivity contribution in [3.8, 4) is 0 Å². The Labute approximate surface area is 162 Å². The van der Waals surface area contributed by atoms with E-state index in [4.69, 9.17) is 4.42 Å². The lowest BCUT2D eigenvalue weighted by molar-refractivity contribution is 0.518. The Balaban J connectivity index is 1.71. The van der Waals surface area contributed by atoms with Gasteiger partial charge in [0.2, 0.25) is 0 Å². The maximum atomic E-state index is 12.8. The quantitative estimate of drug-likeness (QED) is 0.514. The Hall–Kier alpha value is -3.39. The number of hydrogen-bond acceptors (Lipinski definition) is 6. The predicted molar refractivity (Wildman–Crippen MR) is 108 cm³/mol. The van der Waals surface area contributed by atoms with E-state index in [2.05, 4.69) is 20.0 Å². The molecule has 0 aliphatic rings. The largest absolute Gasteiger partial charge is 0.467 e. The lowest BCUT2D eigenvalue weighted by atomic mass is 10.2. The second kappa shape index (κ2) is 7.32. The minimum Gasteiger partial charge on any atom is -0.467 e. The van der Waals surface area contributed by atoms with E-state index < -0.39 is 10.0 Å². The van der Waals surface area contributed by atoms with Gasteiger partial charge in [-0.2, -0.15) is 0 Å². The van der Waals surface area contributed by atoms with Crippen molar-refractivity contribution in [2.45, 2.75) is 18.4 Å². The summed E-state index contributed by atoms with van der Waals surface area (Å²) in [6.07, 6.45) is 1.57. The third kappa shape index (κ3) is 3.81. The fourth-order valence-electron chi connectivity index (χ4n) is 2.68. The number of nitrogens with one attached hydrogen (secondary N) is 2. The van der Waals surface area contributed by atoms with Crippen molar-refractivity contribution < 1.29 is 12.8 Å². The van der Waals surface area contributed by atoms with Crippen molar-refractivity contribution in [2.24, 2.45) is 0 Å². The van der Waals surface area contributed by atoms with Gasteiger partial charge in [0.25, 0.3) is 10.0 Å². The third-order valence-electron chi connectivity index (χ3n) is 4.14. The van der Waals surface area contributed by atoms with Crippen molar-refractivity contribution in [1.82, 2.24) is 9.97 Å². The molecule has 7 nitrogen and oxygen atoms in total. The Morgan fingerprint density at radius 2 is 1.57 bits per heavy atom. The number of anilines is 2. The van der Waals surface area contributed by atoms with E-state index in [9.17, 15) is 8.42 Å². The minimum absolute atomic E-state index is 0.130. The summed E-state index contributed by atoms with van der Waals surface area (Å²) in [5.74, 6) is 1.15. The summed E-state index contributed by atoms with van der Waals surface area (Å²) in [5, 5.41) is 3.10. The van der Waals surface area contributed by atoms with E-state index >= 15 is 0 Å². The van der Waals surface area contributed by atoms with Crippen LogP contribution in [0.5, 0.6) is 0 Å². The molecule has 0 unspecified atom stereocenters. The number of aryl methyl sites for hydroxylation is 1. The normalized spacial score (nSPS) is 11.5. The molecule has 0 spiro atoms. The van der Waals surface area contributed by atoms with Crippen LogP contribution in [-0.4, -0.2) is 18.4 Å². The molecule has 2 heterocycles. The first-order valence-electron chi connectivity index (χ1n) is 8.64. The van der Waals surface area contributed by atoms with Crippen molar-refractivity contribution >= 4 is 32.7 Å². The molecule has 28 heavy (non-hydrogen) atoms. The van der Waals surface area contributed by atoms with Crippen molar-refractivity contribution in [1.29, 1.82) is 0 Å². The summed E-state index contributed by atoms with van der Waals surface area (Å²) in [5.41, 5.74) is 2.22. The molecule has 2 aromatic heterocycles. The van der Waals surface area contributed by atoms with Gasteiger partial charge >= 0.3 is 0 Å². The molecule has 4 aromatic rings. The maximum absolute atomic E-state index is 12.8. The first-order chi connectivity index (χ1) is 13.5. The molecule has 4 rings (SSSR count). The smallest absolute Gasteiger partial charge is 0.263 e. The van der Waals surface area contributed by atoms with Gasteiger partial charge < -0.3 is 9.73 Å². The van der Waals surface area contributed by atoms with Gasteiger partial charge in [0, 0.05) is 0 Å². The molecule has 8 heteroatoms. The van der Waals surface area contributed by atoms with Gasteiger partial charge in [0.05, 0.1) is 28.7 Å². The zero-order valence-electron chi connectivity index (χ0n) is 15.1. The lowest BCUT2D eigenvalue weighted by Gasteiger charge is -2.13. The van der Waals surface area contributed by atoms with Gasteiger partial charge in [-0.15, -0.1) is 0 Å². The Kier molecular flexibility index (Phi) is 4.70. The average Bonchev–Trinajstić information content (AvgIpc) is 3.20. The molecule has 0 radical (unpaired) electrons. The van der Waals surface area contributed by atoms with E-state index in [1.54, 1.807) is 42.7 Å². The summed E-state index contributed by atoms with van der Waals surface area (Å²) in [6, 6.07) is 17.5. The third-order valence-corrected chi connectivity index (χ3v) is 5.50. The SMILES string of the molecule is Cc1ccc(S(=O)(=O)Nc2nc3ccccc3nc2NCc2ccco2)cc1. The van der Waals surface area contributed by atoms with E-state index in [1.807, 2.05) is 31.2 Å². The highest BCUT2D eigenvalue weighted by Crippen LogP contribution is 2.25. The summed E-state index contributed by atoms with van der Waals surface area (Å²) in [6.45, 7) is 2.24. The van der Waals surface area contributed by atoms with Crippen LogP contribution in [0.1, 0.15) is 11.3 Å². The molecule has 142 valence electrons. The van der Waals surface area contributed by atoms with Gasteiger partial charge in [-0.25, -0.2) is 18.4 Å². The zero-order valence-corrected chi connectivity index (χ0v) is 15.9. The number of nitrogens with zero attached hydrogens (tertiary/aromatic N) is 2. The first-order valence-corrected chi connectivity index (χ1v) is 10.1. The second-order valence-corrected chi connectivity index (χ2v) is 7.94. The van der Waals surface area contributed by atoms with Gasteiger partial charge in [-0.3, -0.25) is 4.72 Å². The fourth-order valence-corrected chi connectivity index (χ4v) is 3.69. The van der Waals surface area contributed by atoms with Crippen LogP contribution >= 0.6 is 0 Å². The van der Waals surface area contributed by atoms with Crippen molar-refractivity contribution in [3.63, 3.8) is 0 Å². The molecule has 0 aliphatic carbocycles. The summed E-state index contributed by atoms with van der Waals surface area (Å²) in [7, 11) is -3.81. The average molecular weight is 394 g/mol. The topological polar surface area (TPSA) is 97.1 Å². The molecule has 2 N–H and O–H groups in total. The monoisotopic (exact) mass is 394 g/mol. The van der Waals surface area contributed by atoms with Crippen molar-refractivity contribution in [3.05, 3.63) is 78.3 Å². The van der Waals surface area contributed by atoms with Gasteiger partial charge in [0.1, 0.15) is 5.76 Å². The Morgan fingerprint density at radius 1 is 0.893 bits per heavy atom. The summed E-state index contributed by atoms with van der Waals surface area (Å²) < 4.78 is 33.5. The molecule has 0 fully saturated rings. The number of fused-ring (bicyclic) bond motifs is 1. The number of para-hydroxylation sites is 2. The predicted octanol–water partition coefficient (Wildman–Crippen LogP) is 3.94. The summed E-state index contributed by atoms with van der Waals surface area (Å²) >= 11 is 0. The number of furan rings is 1. The summed E-state index contributed by atoms with van der Waals surface area (Å²) in [4.78, 5) is 9.14. The van der Waals surface area contributed by atoms with Crippen LogP contribution in [0.3, 0.4) is 0 Å². The molecule has 0 saturated carbocycles. The number of hydrogen-bond donors (Lipinski definition) is 2. The highest BCUT2D eigenvalue weighted by atomic mass is 32.2. The number of benzene rings is 2. The van der Waals surface area contributed by atoms with Crippen LogP contribution in [0.25, 0.3) is 11.0 Å². The Bertz CT molecular complexity index is 1200. The molecule has 0 aliphatic heterocycles. The number of sulfonamides is 1. The van der Waals surface area contributed by atoms with E-state index in [0.717, 1.165) is 5.56 Å². The van der Waals surface area contributed by atoms with E-state index in [1.165, 1.54) is 0 Å². The Morgan fingerprint density at radius 3 is 2.21 bits per heavy atom. The molecule has 0 bridgehead atoms. The molecule has 0 saturated heterocycles. The van der Waals surface area contributed by atoms with E-state index in [-0.39, 0.29) is 10.7 Å². The molecule has 2 aromatic carbocycles. The number of aromatic nitrogens is 2. The van der Waals surface area contributed by atoms with Crippen LogP contribution < -0.4 is 10.0 Å². The van der Waals surface area contributed by atoms with Gasteiger partial charge in [0.15, 0.2) is 11.6 Å². The van der Waals surface area contributed by atoms with Crippen LogP contribution in [0.4, 0.5) is 11.6 Å². The fraction of sp³-hybridized carbons (Fsp3) is 0.100. The molecular weight excluding hydrogens is 376 g/mol. The molecular formula is C20H18N4O3S. The first kappa shape index (κ1) is 18.0. The molecule has 0 atom stereocenters. The zero-order chi connectivity index (χ0) is 19.6. The highest BCUT2D eigenvalue weighted by molar-refractivity contribution is 7.92. The van der Waals surface area contributed by atoms with Crippen molar-refractivity contribution in [2.75, 3.05) is 10.0 Å². The molecule has 0 amide bonds. The minimum atomic E-state index is -3.81. The second-order valence-electron chi connectivity index (χ2n) is 6.26. The standard InChI is InChI=1S/C20H18N4O3S/c1-14-8-10-16(11-9-14)28(25,26)24-20-19(21-13-15-5-4-12-27-15)22-17-6-2-3-7-18(17)23-20/h2-12H,13H2,1H3,(H,21,22)(H,23,24).